The molecule has 6 rings (SSSR count). The molecule has 3 aromatic rings. The van der Waals surface area contributed by atoms with Crippen LogP contribution in [0.2, 0.25) is 0 Å². The Balaban J connectivity index is 1.18. The van der Waals surface area contributed by atoms with Gasteiger partial charge in [0.2, 0.25) is 0 Å². The van der Waals surface area contributed by atoms with Crippen LogP contribution in [-0.2, 0) is 11.3 Å². The van der Waals surface area contributed by atoms with Crippen molar-refractivity contribution >= 4 is 11.0 Å². The number of nitrogens with zero attached hydrogens (tertiary/aromatic N) is 3. The SMILES string of the molecule is c1ccc2c(c1)nc([C@H]1CCCO1)n2C1CCN(Cc2ccc3c(c2)OCCO3)CC1. The summed E-state index contributed by atoms with van der Waals surface area (Å²) in [6.07, 6.45) is 4.60. The quantitative estimate of drug-likeness (QED) is 0.623. The van der Waals surface area contributed by atoms with E-state index in [1.807, 2.05) is 6.07 Å². The van der Waals surface area contributed by atoms with Gasteiger partial charge in [-0.2, -0.15) is 0 Å². The molecule has 1 aromatic heterocycles. The monoisotopic (exact) mass is 419 g/mol. The first-order chi connectivity index (χ1) is 15.3. The third-order valence-corrected chi connectivity index (χ3v) is 6.78. The normalized spacial score (nSPS) is 22.3. The Morgan fingerprint density at radius 1 is 0.903 bits per heavy atom. The molecule has 2 saturated heterocycles. The Morgan fingerprint density at radius 3 is 2.58 bits per heavy atom. The van der Waals surface area contributed by atoms with E-state index in [-0.39, 0.29) is 6.10 Å². The van der Waals surface area contributed by atoms with Crippen LogP contribution < -0.4 is 9.47 Å². The number of piperidine rings is 1. The lowest BCUT2D eigenvalue weighted by Crippen LogP contribution is -2.34. The Kier molecular flexibility index (Phi) is 5.04. The van der Waals surface area contributed by atoms with Crippen molar-refractivity contribution in [2.24, 2.45) is 0 Å². The Hall–Kier alpha value is -2.57. The first-order valence-electron chi connectivity index (χ1n) is 11.5. The van der Waals surface area contributed by atoms with Crippen molar-refractivity contribution < 1.29 is 14.2 Å². The maximum absolute atomic E-state index is 6.03. The first kappa shape index (κ1) is 19.1. The van der Waals surface area contributed by atoms with Crippen LogP contribution in [-0.4, -0.2) is 47.4 Å². The van der Waals surface area contributed by atoms with Crippen LogP contribution >= 0.6 is 0 Å². The molecule has 162 valence electrons. The molecular weight excluding hydrogens is 390 g/mol. The van der Waals surface area contributed by atoms with Gasteiger partial charge in [-0.25, -0.2) is 4.98 Å². The largest absolute Gasteiger partial charge is 0.486 e. The molecule has 6 nitrogen and oxygen atoms in total. The Bertz CT molecular complexity index is 1070. The van der Waals surface area contributed by atoms with E-state index in [4.69, 9.17) is 19.2 Å². The summed E-state index contributed by atoms with van der Waals surface area (Å²) in [6, 6.07) is 15.4. The fourth-order valence-electron chi connectivity index (χ4n) is 5.24. The third kappa shape index (κ3) is 3.68. The number of fused-ring (bicyclic) bond motifs is 2. The standard InChI is InChI=1S/C25H29N3O3/c1-2-5-21-20(4-1)26-25(23-6-3-13-29-23)28(21)19-9-11-27(12-10-19)17-18-7-8-22-24(16-18)31-15-14-30-22/h1-2,4-5,7-8,16,19,23H,3,6,9-15,17H2/t23-/m1/s1. The van der Waals surface area contributed by atoms with Crippen LogP contribution in [0.4, 0.5) is 0 Å². The second-order valence-electron chi connectivity index (χ2n) is 8.82. The van der Waals surface area contributed by atoms with E-state index in [0.29, 0.717) is 19.3 Å². The molecule has 3 aliphatic heterocycles. The van der Waals surface area contributed by atoms with E-state index < -0.39 is 0 Å². The second kappa shape index (κ2) is 8.17. The number of aromatic nitrogens is 2. The van der Waals surface area contributed by atoms with Crippen LogP contribution in [0, 0.1) is 0 Å². The lowest BCUT2D eigenvalue weighted by atomic mass is 10.0. The fraction of sp³-hybridized carbons (Fsp3) is 0.480. The summed E-state index contributed by atoms with van der Waals surface area (Å²) in [5.74, 6) is 2.87. The van der Waals surface area contributed by atoms with Gasteiger partial charge in [-0.1, -0.05) is 18.2 Å². The number of benzene rings is 2. The molecule has 2 fully saturated rings. The van der Waals surface area contributed by atoms with Gasteiger partial charge in [0, 0.05) is 32.3 Å². The smallest absolute Gasteiger partial charge is 0.161 e. The van der Waals surface area contributed by atoms with Crippen molar-refractivity contribution in [1.29, 1.82) is 0 Å². The summed E-state index contributed by atoms with van der Waals surface area (Å²) >= 11 is 0. The van der Waals surface area contributed by atoms with E-state index in [1.165, 1.54) is 11.1 Å². The Labute approximate surface area is 182 Å². The first-order valence-corrected chi connectivity index (χ1v) is 11.5. The molecule has 3 aliphatic rings. The average Bonchev–Trinajstić information content (AvgIpc) is 3.48. The van der Waals surface area contributed by atoms with Crippen molar-refractivity contribution in [3.05, 3.63) is 53.9 Å². The zero-order chi connectivity index (χ0) is 20.6. The van der Waals surface area contributed by atoms with Crippen LogP contribution in [0.1, 0.15) is 49.2 Å². The van der Waals surface area contributed by atoms with E-state index in [2.05, 4.69) is 45.9 Å². The topological polar surface area (TPSA) is 48.8 Å². The molecule has 0 radical (unpaired) electrons. The molecule has 0 N–H and O–H groups in total. The maximum atomic E-state index is 6.03. The van der Waals surface area contributed by atoms with E-state index in [1.54, 1.807) is 0 Å². The minimum atomic E-state index is 0.142. The molecule has 0 unspecified atom stereocenters. The summed E-state index contributed by atoms with van der Waals surface area (Å²) < 4.78 is 19.9. The number of ether oxygens (including phenoxy) is 3. The van der Waals surface area contributed by atoms with Gasteiger partial charge in [0.25, 0.3) is 0 Å². The number of imidazole rings is 1. The number of likely N-dealkylation sites (tertiary alicyclic amines) is 1. The number of hydrogen-bond donors (Lipinski definition) is 0. The third-order valence-electron chi connectivity index (χ3n) is 6.78. The van der Waals surface area contributed by atoms with E-state index >= 15 is 0 Å². The molecule has 0 saturated carbocycles. The number of para-hydroxylation sites is 2. The highest BCUT2D eigenvalue weighted by atomic mass is 16.6. The average molecular weight is 420 g/mol. The second-order valence-corrected chi connectivity index (χ2v) is 8.82. The van der Waals surface area contributed by atoms with Gasteiger partial charge in [-0.3, -0.25) is 4.90 Å². The molecule has 1 atom stereocenters. The summed E-state index contributed by atoms with van der Waals surface area (Å²) in [5.41, 5.74) is 3.63. The van der Waals surface area contributed by atoms with Crippen LogP contribution in [0.5, 0.6) is 11.5 Å². The summed E-state index contributed by atoms with van der Waals surface area (Å²) in [5, 5.41) is 0. The van der Waals surface area contributed by atoms with Crippen molar-refractivity contribution in [2.45, 2.75) is 44.4 Å². The zero-order valence-electron chi connectivity index (χ0n) is 17.8. The van der Waals surface area contributed by atoms with Crippen molar-refractivity contribution in [1.82, 2.24) is 14.5 Å². The molecule has 0 bridgehead atoms. The van der Waals surface area contributed by atoms with Crippen molar-refractivity contribution in [3.8, 4) is 11.5 Å². The van der Waals surface area contributed by atoms with Crippen LogP contribution in [0.25, 0.3) is 11.0 Å². The van der Waals surface area contributed by atoms with Gasteiger partial charge in [0.1, 0.15) is 25.1 Å². The van der Waals surface area contributed by atoms with Gasteiger partial charge < -0.3 is 18.8 Å². The highest BCUT2D eigenvalue weighted by molar-refractivity contribution is 5.76. The molecule has 0 spiro atoms. The maximum Gasteiger partial charge on any atom is 0.161 e. The Morgan fingerprint density at radius 2 is 1.74 bits per heavy atom. The van der Waals surface area contributed by atoms with Crippen molar-refractivity contribution in [3.63, 3.8) is 0 Å². The molecular formula is C25H29N3O3. The molecule has 0 amide bonds. The predicted octanol–water partition coefficient (Wildman–Crippen LogP) is 4.50. The van der Waals surface area contributed by atoms with Crippen molar-refractivity contribution in [2.75, 3.05) is 32.9 Å². The highest BCUT2D eigenvalue weighted by Gasteiger charge is 2.30. The lowest BCUT2D eigenvalue weighted by Gasteiger charge is -2.34. The van der Waals surface area contributed by atoms with Gasteiger partial charge in [-0.15, -0.1) is 0 Å². The summed E-state index contributed by atoms with van der Waals surface area (Å²) in [4.78, 5) is 7.54. The number of rotatable bonds is 4. The molecule has 4 heterocycles. The number of hydrogen-bond acceptors (Lipinski definition) is 5. The minimum absolute atomic E-state index is 0.142. The fourth-order valence-corrected chi connectivity index (χ4v) is 5.24. The van der Waals surface area contributed by atoms with Gasteiger partial charge in [0.15, 0.2) is 11.5 Å². The predicted molar refractivity (Wildman–Crippen MR) is 119 cm³/mol. The zero-order valence-corrected chi connectivity index (χ0v) is 17.8. The molecule has 6 heteroatoms. The molecule has 31 heavy (non-hydrogen) atoms. The molecule has 0 aliphatic carbocycles. The highest BCUT2D eigenvalue weighted by Crippen LogP contribution is 2.36. The summed E-state index contributed by atoms with van der Waals surface area (Å²) in [7, 11) is 0. The van der Waals surface area contributed by atoms with Crippen LogP contribution in [0.15, 0.2) is 42.5 Å². The minimum Gasteiger partial charge on any atom is -0.486 e. The van der Waals surface area contributed by atoms with E-state index in [9.17, 15) is 0 Å². The van der Waals surface area contributed by atoms with Gasteiger partial charge in [0.05, 0.1) is 11.0 Å². The van der Waals surface area contributed by atoms with Gasteiger partial charge in [-0.05, 0) is 55.5 Å². The lowest BCUT2D eigenvalue weighted by molar-refractivity contribution is 0.0971. The van der Waals surface area contributed by atoms with Gasteiger partial charge >= 0.3 is 0 Å². The van der Waals surface area contributed by atoms with Crippen LogP contribution in [0.3, 0.4) is 0 Å². The van der Waals surface area contributed by atoms with E-state index in [0.717, 1.165) is 74.8 Å². The summed E-state index contributed by atoms with van der Waals surface area (Å²) in [6.45, 7) is 5.23. The molecule has 2 aromatic carbocycles.